The Hall–Kier alpha value is -3.49. The van der Waals surface area contributed by atoms with E-state index in [9.17, 15) is 19.2 Å². The largest absolute Gasteiger partial charge is 0.446 e. The molecule has 1 saturated heterocycles. The molecule has 2 unspecified atom stereocenters. The number of carbonyl (C=O) groups excluding carboxylic acids is 4. The monoisotopic (exact) mass is 385 g/mol. The van der Waals surface area contributed by atoms with E-state index in [-0.39, 0.29) is 18.8 Å². The van der Waals surface area contributed by atoms with Gasteiger partial charge in [-0.05, 0) is 12.0 Å². The van der Waals surface area contributed by atoms with Crippen molar-refractivity contribution in [3.05, 3.63) is 54.2 Å². The molecule has 2 amide bonds. The third-order valence-corrected chi connectivity index (χ3v) is 4.35. The Morgan fingerprint density at radius 2 is 2.07 bits per heavy atom. The molecular formula is C19H19N3O6. The zero-order chi connectivity index (χ0) is 19.9. The number of ketones is 2. The first kappa shape index (κ1) is 19.3. The van der Waals surface area contributed by atoms with Crippen LogP contribution in [0.25, 0.3) is 0 Å². The Kier molecular flexibility index (Phi) is 6.15. The number of hydrogen-bond acceptors (Lipinski definition) is 7. The number of alkyl carbamates (subject to hydrolysis) is 1. The van der Waals surface area contributed by atoms with Crippen molar-refractivity contribution >= 4 is 23.6 Å². The minimum atomic E-state index is -1.16. The zero-order valence-corrected chi connectivity index (χ0v) is 14.9. The van der Waals surface area contributed by atoms with Gasteiger partial charge in [0.25, 0.3) is 5.91 Å². The summed E-state index contributed by atoms with van der Waals surface area (Å²) in [7, 11) is 0. The fourth-order valence-electron chi connectivity index (χ4n) is 2.88. The number of rotatable bonds is 7. The molecule has 1 aromatic carbocycles. The number of nitrogens with one attached hydrogen (secondary N) is 2. The molecule has 1 aromatic heterocycles. The van der Waals surface area contributed by atoms with Crippen molar-refractivity contribution in [1.82, 2.24) is 15.6 Å². The van der Waals surface area contributed by atoms with Crippen molar-refractivity contribution in [2.75, 3.05) is 6.54 Å². The van der Waals surface area contributed by atoms with Crippen LogP contribution in [0.2, 0.25) is 0 Å². The summed E-state index contributed by atoms with van der Waals surface area (Å²) in [5, 5.41) is 4.89. The van der Waals surface area contributed by atoms with Crippen molar-refractivity contribution in [1.29, 1.82) is 0 Å². The van der Waals surface area contributed by atoms with Crippen LogP contribution in [0.5, 0.6) is 0 Å². The predicted molar refractivity (Wildman–Crippen MR) is 94.8 cm³/mol. The second kappa shape index (κ2) is 8.94. The lowest BCUT2D eigenvalue weighted by Crippen LogP contribution is -2.44. The molecule has 0 aliphatic carbocycles. The van der Waals surface area contributed by atoms with Gasteiger partial charge in [-0.1, -0.05) is 30.3 Å². The fourth-order valence-corrected chi connectivity index (χ4v) is 2.88. The van der Waals surface area contributed by atoms with Crippen LogP contribution >= 0.6 is 0 Å². The molecule has 2 heterocycles. The molecule has 9 nitrogen and oxygen atoms in total. The van der Waals surface area contributed by atoms with E-state index in [2.05, 4.69) is 15.6 Å². The molecule has 0 saturated carbocycles. The number of nitrogens with zero attached hydrogens (tertiary/aromatic N) is 1. The van der Waals surface area contributed by atoms with Gasteiger partial charge in [0.1, 0.15) is 6.61 Å². The fraction of sp³-hybridized carbons (Fsp3) is 0.316. The lowest BCUT2D eigenvalue weighted by atomic mass is 9.89. The van der Waals surface area contributed by atoms with Gasteiger partial charge in [-0.3, -0.25) is 14.4 Å². The van der Waals surface area contributed by atoms with Crippen molar-refractivity contribution < 1.29 is 28.3 Å². The van der Waals surface area contributed by atoms with Gasteiger partial charge in [-0.25, -0.2) is 9.78 Å². The number of amides is 2. The van der Waals surface area contributed by atoms with E-state index in [1.807, 2.05) is 18.2 Å². The summed E-state index contributed by atoms with van der Waals surface area (Å²) in [5.41, 5.74) is 0.791. The van der Waals surface area contributed by atoms with Crippen LogP contribution in [-0.2, 0) is 25.7 Å². The standard InChI is InChI=1S/C19H19N3O6/c23-14(8-13-6-7-21-18(25)17(13)24)16(15-9-20-11-28-15)22-19(26)27-10-12-4-2-1-3-5-12/h1-5,9,11,13,16H,6-8,10H2,(H,21,25)(H,22,26). The Morgan fingerprint density at radius 3 is 2.79 bits per heavy atom. The lowest BCUT2D eigenvalue weighted by molar-refractivity contribution is -0.143. The van der Waals surface area contributed by atoms with Crippen LogP contribution < -0.4 is 10.6 Å². The van der Waals surface area contributed by atoms with E-state index >= 15 is 0 Å². The van der Waals surface area contributed by atoms with E-state index in [1.54, 1.807) is 12.1 Å². The molecular weight excluding hydrogens is 366 g/mol. The van der Waals surface area contributed by atoms with Crippen molar-refractivity contribution in [2.24, 2.45) is 5.92 Å². The number of carbonyl (C=O) groups is 4. The average molecular weight is 385 g/mol. The second-order valence-corrected chi connectivity index (χ2v) is 6.32. The Balaban J connectivity index is 1.64. The van der Waals surface area contributed by atoms with E-state index in [0.717, 1.165) is 12.0 Å². The number of Topliss-reactive ketones (excluding diaryl/α,β-unsaturated/α-hetero) is 2. The number of benzene rings is 1. The summed E-state index contributed by atoms with van der Waals surface area (Å²) in [6.07, 6.45) is 1.78. The molecule has 9 heteroatoms. The summed E-state index contributed by atoms with van der Waals surface area (Å²) in [4.78, 5) is 52.1. The van der Waals surface area contributed by atoms with Gasteiger partial charge in [0.15, 0.2) is 24.0 Å². The predicted octanol–water partition coefficient (Wildman–Crippen LogP) is 1.31. The van der Waals surface area contributed by atoms with Crippen molar-refractivity contribution in [2.45, 2.75) is 25.5 Å². The number of oxazole rings is 1. The maximum absolute atomic E-state index is 12.7. The van der Waals surface area contributed by atoms with E-state index in [4.69, 9.17) is 9.15 Å². The van der Waals surface area contributed by atoms with Gasteiger partial charge in [0.2, 0.25) is 5.78 Å². The Morgan fingerprint density at radius 1 is 1.29 bits per heavy atom. The topological polar surface area (TPSA) is 128 Å². The molecule has 0 radical (unpaired) electrons. The quantitative estimate of drug-likeness (QED) is 0.688. The van der Waals surface area contributed by atoms with Gasteiger partial charge in [-0.15, -0.1) is 0 Å². The van der Waals surface area contributed by atoms with E-state index < -0.39 is 35.5 Å². The maximum atomic E-state index is 12.7. The summed E-state index contributed by atoms with van der Waals surface area (Å²) >= 11 is 0. The number of piperidine rings is 1. The molecule has 1 aliphatic heterocycles. The third-order valence-electron chi connectivity index (χ3n) is 4.35. The summed E-state index contributed by atoms with van der Waals surface area (Å²) in [6.45, 7) is 0.354. The highest BCUT2D eigenvalue weighted by atomic mass is 16.5. The van der Waals surface area contributed by atoms with Gasteiger partial charge < -0.3 is 19.8 Å². The van der Waals surface area contributed by atoms with Crippen LogP contribution in [0.15, 0.2) is 47.3 Å². The normalized spacial score (nSPS) is 17.5. The first-order valence-electron chi connectivity index (χ1n) is 8.75. The van der Waals surface area contributed by atoms with Crippen molar-refractivity contribution in [3.8, 4) is 0 Å². The molecule has 1 fully saturated rings. The SMILES string of the molecule is O=C(NC(C(=O)CC1CCNC(=O)C1=O)c1cnco1)OCc1ccccc1. The highest BCUT2D eigenvalue weighted by Crippen LogP contribution is 2.21. The van der Waals surface area contributed by atoms with Crippen LogP contribution in [0, 0.1) is 5.92 Å². The van der Waals surface area contributed by atoms with E-state index in [0.29, 0.717) is 13.0 Å². The second-order valence-electron chi connectivity index (χ2n) is 6.32. The van der Waals surface area contributed by atoms with Gasteiger partial charge in [0, 0.05) is 18.9 Å². The molecule has 3 rings (SSSR count). The van der Waals surface area contributed by atoms with E-state index in [1.165, 1.54) is 6.20 Å². The molecule has 1 aliphatic rings. The third kappa shape index (κ3) is 4.81. The van der Waals surface area contributed by atoms with Gasteiger partial charge >= 0.3 is 6.09 Å². The highest BCUT2D eigenvalue weighted by molar-refractivity contribution is 6.37. The summed E-state index contributed by atoms with van der Waals surface area (Å²) in [5.74, 6) is -2.41. The smallest absolute Gasteiger partial charge is 0.408 e. The average Bonchev–Trinajstić information content (AvgIpc) is 3.23. The molecule has 2 atom stereocenters. The van der Waals surface area contributed by atoms with Crippen LogP contribution in [0.4, 0.5) is 4.79 Å². The highest BCUT2D eigenvalue weighted by Gasteiger charge is 2.35. The minimum Gasteiger partial charge on any atom is -0.446 e. The van der Waals surface area contributed by atoms with Crippen LogP contribution in [-0.4, -0.2) is 35.1 Å². The summed E-state index contributed by atoms with van der Waals surface area (Å²) in [6, 6.07) is 7.90. The molecule has 2 aromatic rings. The number of ether oxygens (including phenoxy) is 1. The van der Waals surface area contributed by atoms with Crippen LogP contribution in [0.1, 0.15) is 30.2 Å². The maximum Gasteiger partial charge on any atom is 0.408 e. The minimum absolute atomic E-state index is 0.0330. The first-order chi connectivity index (χ1) is 13.5. The number of aromatic nitrogens is 1. The van der Waals surface area contributed by atoms with Crippen molar-refractivity contribution in [3.63, 3.8) is 0 Å². The molecule has 146 valence electrons. The molecule has 0 spiro atoms. The van der Waals surface area contributed by atoms with Gasteiger partial charge in [0.05, 0.1) is 6.20 Å². The Bertz CT molecular complexity index is 850. The first-order valence-corrected chi connectivity index (χ1v) is 8.75. The summed E-state index contributed by atoms with van der Waals surface area (Å²) < 4.78 is 10.3. The lowest BCUT2D eigenvalue weighted by Gasteiger charge is -2.22. The Labute approximate surface area is 160 Å². The molecule has 2 N–H and O–H groups in total. The number of hydrogen-bond donors (Lipinski definition) is 2. The molecule has 28 heavy (non-hydrogen) atoms. The molecule has 0 bridgehead atoms. The zero-order valence-electron chi connectivity index (χ0n) is 14.9. The van der Waals surface area contributed by atoms with Crippen LogP contribution in [0.3, 0.4) is 0 Å². The van der Waals surface area contributed by atoms with Gasteiger partial charge in [-0.2, -0.15) is 0 Å².